The van der Waals surface area contributed by atoms with E-state index in [2.05, 4.69) is 4.74 Å². The van der Waals surface area contributed by atoms with Gasteiger partial charge in [-0.1, -0.05) is 12.1 Å². The Kier molecular flexibility index (Phi) is 6.71. The van der Waals surface area contributed by atoms with E-state index in [0.717, 1.165) is 18.5 Å². The van der Waals surface area contributed by atoms with Crippen molar-refractivity contribution in [3.05, 3.63) is 41.5 Å². The van der Waals surface area contributed by atoms with Gasteiger partial charge in [-0.25, -0.2) is 4.79 Å². The molecule has 0 radical (unpaired) electrons. The van der Waals surface area contributed by atoms with Crippen LogP contribution in [0, 0.1) is 0 Å². The maximum atomic E-state index is 12.3. The van der Waals surface area contributed by atoms with Crippen LogP contribution in [0.15, 0.2) is 30.3 Å². The Labute approximate surface area is 147 Å². The molecule has 1 aliphatic heterocycles. The molecule has 2 N–H and O–H groups in total. The van der Waals surface area contributed by atoms with E-state index in [1.165, 1.54) is 13.2 Å². The van der Waals surface area contributed by atoms with Gasteiger partial charge in [0.1, 0.15) is 0 Å². The van der Waals surface area contributed by atoms with Crippen LogP contribution < -0.4 is 5.73 Å². The fourth-order valence-electron chi connectivity index (χ4n) is 2.69. The second-order valence-electron chi connectivity index (χ2n) is 5.87. The number of hydrogen-bond donors (Lipinski definition) is 1. The van der Waals surface area contributed by atoms with Crippen molar-refractivity contribution < 1.29 is 19.1 Å². The molecule has 0 saturated carbocycles. The summed E-state index contributed by atoms with van der Waals surface area (Å²) in [6.07, 6.45) is 4.05. The van der Waals surface area contributed by atoms with Gasteiger partial charge in [0.2, 0.25) is 11.8 Å². The lowest BCUT2D eigenvalue weighted by Crippen LogP contribution is -2.37. The van der Waals surface area contributed by atoms with E-state index in [4.69, 9.17) is 5.73 Å². The summed E-state index contributed by atoms with van der Waals surface area (Å²) in [5, 5.41) is 0. The third-order valence-corrected chi connectivity index (χ3v) is 4.03. The number of rotatable bonds is 5. The summed E-state index contributed by atoms with van der Waals surface area (Å²) in [5.41, 5.74) is 6.51. The molecule has 0 bridgehead atoms. The van der Waals surface area contributed by atoms with Crippen molar-refractivity contribution in [1.29, 1.82) is 0 Å². The van der Waals surface area contributed by atoms with Gasteiger partial charge in [-0.05, 0) is 30.2 Å². The van der Waals surface area contributed by atoms with E-state index in [9.17, 15) is 14.4 Å². The van der Waals surface area contributed by atoms with Crippen molar-refractivity contribution >= 4 is 23.9 Å². The van der Waals surface area contributed by atoms with Crippen molar-refractivity contribution in [2.75, 3.05) is 39.8 Å². The average molecular weight is 345 g/mol. The van der Waals surface area contributed by atoms with E-state index >= 15 is 0 Å². The Morgan fingerprint density at radius 3 is 2.48 bits per heavy atom. The number of nitrogens with zero attached hydrogens (tertiary/aromatic N) is 2. The first kappa shape index (κ1) is 18.7. The van der Waals surface area contributed by atoms with Crippen molar-refractivity contribution in [2.45, 2.75) is 6.42 Å². The molecule has 1 saturated heterocycles. The molecule has 1 aromatic carbocycles. The molecule has 0 aliphatic carbocycles. The predicted octanol–water partition coefficient (Wildman–Crippen LogP) is 0.506. The molecule has 7 heteroatoms. The summed E-state index contributed by atoms with van der Waals surface area (Å²) < 4.78 is 4.65. The Morgan fingerprint density at radius 1 is 1.12 bits per heavy atom. The molecule has 7 nitrogen and oxygen atoms in total. The minimum absolute atomic E-state index is 0.0713. The summed E-state index contributed by atoms with van der Waals surface area (Å²) in [7, 11) is 1.33. The number of benzene rings is 1. The molecule has 0 aromatic heterocycles. The minimum atomic E-state index is -0.392. The third-order valence-electron chi connectivity index (χ3n) is 4.03. The summed E-state index contributed by atoms with van der Waals surface area (Å²) in [6.45, 7) is 2.84. The average Bonchev–Trinajstić information content (AvgIpc) is 2.84. The first-order valence-corrected chi connectivity index (χ1v) is 8.15. The normalized spacial score (nSPS) is 15.8. The summed E-state index contributed by atoms with van der Waals surface area (Å²) in [5.74, 6) is -0.815. The van der Waals surface area contributed by atoms with Crippen LogP contribution in [0.25, 0.3) is 6.08 Å². The zero-order chi connectivity index (χ0) is 18.2. The zero-order valence-corrected chi connectivity index (χ0v) is 14.3. The number of esters is 1. The Hall–Kier alpha value is -2.67. The van der Waals surface area contributed by atoms with E-state index < -0.39 is 5.97 Å². The summed E-state index contributed by atoms with van der Waals surface area (Å²) in [4.78, 5) is 38.4. The predicted molar refractivity (Wildman–Crippen MR) is 93.6 cm³/mol. The Morgan fingerprint density at radius 2 is 1.84 bits per heavy atom. The lowest BCUT2D eigenvalue weighted by molar-refractivity contribution is -0.125. The van der Waals surface area contributed by atoms with Crippen molar-refractivity contribution in [3.8, 4) is 0 Å². The highest BCUT2D eigenvalue weighted by Crippen LogP contribution is 2.09. The number of carbonyl (C=O) groups excluding carboxylic acids is 3. The lowest BCUT2D eigenvalue weighted by atomic mass is 10.1. The fourth-order valence-corrected chi connectivity index (χ4v) is 2.69. The van der Waals surface area contributed by atoms with Crippen molar-refractivity contribution in [1.82, 2.24) is 9.80 Å². The van der Waals surface area contributed by atoms with Gasteiger partial charge in [-0.15, -0.1) is 0 Å². The molecule has 25 heavy (non-hydrogen) atoms. The lowest BCUT2D eigenvalue weighted by Gasteiger charge is -2.19. The third kappa shape index (κ3) is 5.72. The molecule has 134 valence electrons. The number of primary amides is 1. The van der Waals surface area contributed by atoms with Crippen LogP contribution in [-0.4, -0.2) is 67.4 Å². The summed E-state index contributed by atoms with van der Waals surface area (Å²) in [6, 6.07) is 6.83. The number of hydrogen-bond acceptors (Lipinski definition) is 5. The largest absolute Gasteiger partial charge is 0.465 e. The Bertz CT molecular complexity index is 655. The highest BCUT2D eigenvalue weighted by molar-refractivity contribution is 5.92. The molecule has 1 fully saturated rings. The second-order valence-corrected chi connectivity index (χ2v) is 5.87. The van der Waals surface area contributed by atoms with Crippen LogP contribution in [0.3, 0.4) is 0 Å². The second kappa shape index (κ2) is 8.98. The first-order valence-electron chi connectivity index (χ1n) is 8.15. The number of carbonyl (C=O) groups is 3. The molecule has 1 aromatic rings. The molecule has 1 aliphatic rings. The first-order chi connectivity index (χ1) is 12.0. The molecule has 0 unspecified atom stereocenters. The maximum Gasteiger partial charge on any atom is 0.337 e. The van der Waals surface area contributed by atoms with Crippen LogP contribution in [0.1, 0.15) is 22.3 Å². The molecule has 0 atom stereocenters. The van der Waals surface area contributed by atoms with Crippen molar-refractivity contribution in [3.63, 3.8) is 0 Å². The number of amides is 2. The quantitative estimate of drug-likeness (QED) is 0.620. The van der Waals surface area contributed by atoms with Gasteiger partial charge in [0.25, 0.3) is 0 Å². The van der Waals surface area contributed by atoms with Gasteiger partial charge >= 0.3 is 5.97 Å². The van der Waals surface area contributed by atoms with E-state index in [1.54, 1.807) is 35.2 Å². The number of ether oxygens (including phenoxy) is 1. The summed E-state index contributed by atoms with van der Waals surface area (Å²) >= 11 is 0. The van der Waals surface area contributed by atoms with Crippen LogP contribution in [0.4, 0.5) is 0 Å². The van der Waals surface area contributed by atoms with Crippen LogP contribution in [0.2, 0.25) is 0 Å². The van der Waals surface area contributed by atoms with Gasteiger partial charge in [0.15, 0.2) is 0 Å². The van der Waals surface area contributed by atoms with E-state index in [-0.39, 0.29) is 18.4 Å². The highest BCUT2D eigenvalue weighted by Gasteiger charge is 2.18. The van der Waals surface area contributed by atoms with Gasteiger partial charge in [0.05, 0.1) is 19.2 Å². The fraction of sp³-hybridized carbons (Fsp3) is 0.389. The van der Waals surface area contributed by atoms with Crippen LogP contribution in [0.5, 0.6) is 0 Å². The molecule has 0 spiro atoms. The Balaban J connectivity index is 1.91. The zero-order valence-electron chi connectivity index (χ0n) is 14.3. The smallest absolute Gasteiger partial charge is 0.337 e. The molecular formula is C18H23N3O4. The van der Waals surface area contributed by atoms with Gasteiger partial charge in [-0.3, -0.25) is 14.5 Å². The maximum absolute atomic E-state index is 12.3. The topological polar surface area (TPSA) is 92.9 Å². The molecule has 2 amide bonds. The molecule has 2 rings (SSSR count). The van der Waals surface area contributed by atoms with Gasteiger partial charge < -0.3 is 15.4 Å². The minimum Gasteiger partial charge on any atom is -0.465 e. The standard InChI is InChI=1S/C18H23N3O4/c1-25-18(24)15-6-3-14(4-7-15)5-8-17(23)21-10-2-9-20(11-12-21)13-16(19)22/h3-8H,2,9-13H2,1H3,(H2,19,22). The molecule has 1 heterocycles. The monoisotopic (exact) mass is 345 g/mol. The number of methoxy groups -OCH3 is 1. The highest BCUT2D eigenvalue weighted by atomic mass is 16.5. The molecular weight excluding hydrogens is 322 g/mol. The SMILES string of the molecule is COC(=O)c1ccc(C=CC(=O)N2CCCN(CC(N)=O)CC2)cc1. The van der Waals surface area contributed by atoms with Crippen LogP contribution >= 0.6 is 0 Å². The van der Waals surface area contributed by atoms with Gasteiger partial charge in [0, 0.05) is 32.3 Å². The van der Waals surface area contributed by atoms with Crippen LogP contribution in [-0.2, 0) is 14.3 Å². The number of nitrogens with two attached hydrogens (primary N) is 1. The van der Waals surface area contributed by atoms with Crippen molar-refractivity contribution in [2.24, 2.45) is 5.73 Å². The van der Waals surface area contributed by atoms with Gasteiger partial charge in [-0.2, -0.15) is 0 Å². The van der Waals surface area contributed by atoms with E-state index in [1.807, 2.05) is 4.90 Å². The van der Waals surface area contributed by atoms with E-state index in [0.29, 0.717) is 25.2 Å².